The quantitative estimate of drug-likeness (QED) is 0.640. The van der Waals surface area contributed by atoms with Crippen molar-refractivity contribution in [2.45, 2.75) is 45.8 Å². The van der Waals surface area contributed by atoms with Gasteiger partial charge in [-0.05, 0) is 26.7 Å². The molecule has 0 fully saturated rings. The third kappa shape index (κ3) is 8.01. The number of ether oxygens (including phenoxy) is 1. The SMILES string of the molecule is CCC(C)OCC(=O)NCCC(C)O. The summed E-state index contributed by atoms with van der Waals surface area (Å²) < 4.78 is 5.24. The summed E-state index contributed by atoms with van der Waals surface area (Å²) in [6, 6.07) is 0. The fourth-order valence-electron chi connectivity index (χ4n) is 0.807. The highest BCUT2D eigenvalue weighted by Gasteiger charge is 2.04. The molecule has 0 aliphatic carbocycles. The van der Waals surface area contributed by atoms with Gasteiger partial charge in [-0.15, -0.1) is 0 Å². The van der Waals surface area contributed by atoms with Gasteiger partial charge in [0.25, 0.3) is 0 Å². The number of aliphatic hydroxyl groups is 1. The largest absolute Gasteiger partial charge is 0.393 e. The number of rotatable bonds is 7. The Hall–Kier alpha value is -0.610. The predicted molar refractivity (Wildman–Crippen MR) is 55.0 cm³/mol. The Balaban J connectivity index is 3.37. The van der Waals surface area contributed by atoms with Crippen molar-refractivity contribution in [1.29, 1.82) is 0 Å². The number of nitrogens with one attached hydrogen (secondary N) is 1. The van der Waals surface area contributed by atoms with Gasteiger partial charge in [0, 0.05) is 6.54 Å². The monoisotopic (exact) mass is 203 g/mol. The Bertz CT molecular complexity index is 159. The van der Waals surface area contributed by atoms with Gasteiger partial charge in [0.2, 0.25) is 5.91 Å². The van der Waals surface area contributed by atoms with Crippen LogP contribution >= 0.6 is 0 Å². The standard InChI is InChI=1S/C10H21NO3/c1-4-9(3)14-7-10(13)11-6-5-8(2)12/h8-9,12H,4-7H2,1-3H3,(H,11,13). The number of amides is 1. The zero-order valence-corrected chi connectivity index (χ0v) is 9.25. The summed E-state index contributed by atoms with van der Waals surface area (Å²) in [5, 5.41) is 11.6. The first-order valence-electron chi connectivity index (χ1n) is 5.12. The van der Waals surface area contributed by atoms with E-state index in [0.29, 0.717) is 13.0 Å². The van der Waals surface area contributed by atoms with E-state index in [1.54, 1.807) is 6.92 Å². The summed E-state index contributed by atoms with van der Waals surface area (Å²) in [5.74, 6) is -0.119. The van der Waals surface area contributed by atoms with E-state index in [9.17, 15) is 4.79 Å². The third-order valence-electron chi connectivity index (χ3n) is 1.96. The first kappa shape index (κ1) is 13.4. The van der Waals surface area contributed by atoms with Crippen molar-refractivity contribution in [3.05, 3.63) is 0 Å². The van der Waals surface area contributed by atoms with Crippen LogP contribution in [0, 0.1) is 0 Å². The van der Waals surface area contributed by atoms with Crippen LogP contribution in [0.25, 0.3) is 0 Å². The van der Waals surface area contributed by atoms with E-state index in [0.717, 1.165) is 6.42 Å². The molecular formula is C10H21NO3. The second kappa shape index (κ2) is 7.76. The van der Waals surface area contributed by atoms with Crippen LogP contribution in [0.4, 0.5) is 0 Å². The van der Waals surface area contributed by atoms with E-state index in [4.69, 9.17) is 9.84 Å². The lowest BCUT2D eigenvalue weighted by molar-refractivity contribution is -0.127. The van der Waals surface area contributed by atoms with Gasteiger partial charge in [-0.2, -0.15) is 0 Å². The highest BCUT2D eigenvalue weighted by atomic mass is 16.5. The molecular weight excluding hydrogens is 182 g/mol. The number of hydrogen-bond acceptors (Lipinski definition) is 3. The summed E-state index contributed by atoms with van der Waals surface area (Å²) >= 11 is 0. The molecule has 2 unspecified atom stereocenters. The maximum Gasteiger partial charge on any atom is 0.246 e. The van der Waals surface area contributed by atoms with Crippen molar-refractivity contribution in [3.63, 3.8) is 0 Å². The molecule has 0 bridgehead atoms. The Labute approximate surface area is 85.6 Å². The average molecular weight is 203 g/mol. The summed E-state index contributed by atoms with van der Waals surface area (Å²) in [4.78, 5) is 11.1. The number of carbonyl (C=O) groups is 1. The molecule has 2 N–H and O–H groups in total. The molecule has 0 rings (SSSR count). The van der Waals surface area contributed by atoms with Crippen molar-refractivity contribution in [2.24, 2.45) is 0 Å². The van der Waals surface area contributed by atoms with Crippen molar-refractivity contribution in [3.8, 4) is 0 Å². The molecule has 0 spiro atoms. The Morgan fingerprint density at radius 1 is 1.50 bits per heavy atom. The van der Waals surface area contributed by atoms with Crippen LogP contribution in [0.5, 0.6) is 0 Å². The molecule has 4 heteroatoms. The second-order valence-electron chi connectivity index (χ2n) is 3.52. The van der Waals surface area contributed by atoms with Gasteiger partial charge in [-0.25, -0.2) is 0 Å². The lowest BCUT2D eigenvalue weighted by Gasteiger charge is -2.11. The van der Waals surface area contributed by atoms with Crippen molar-refractivity contribution < 1.29 is 14.6 Å². The van der Waals surface area contributed by atoms with Gasteiger partial charge >= 0.3 is 0 Å². The molecule has 84 valence electrons. The molecule has 0 aromatic heterocycles. The van der Waals surface area contributed by atoms with E-state index in [1.165, 1.54) is 0 Å². The zero-order chi connectivity index (χ0) is 11.0. The van der Waals surface area contributed by atoms with Crippen molar-refractivity contribution in [2.75, 3.05) is 13.2 Å². The van der Waals surface area contributed by atoms with Gasteiger partial charge in [-0.1, -0.05) is 6.92 Å². The topological polar surface area (TPSA) is 58.6 Å². The molecule has 0 aliphatic rings. The minimum Gasteiger partial charge on any atom is -0.393 e. The van der Waals surface area contributed by atoms with Gasteiger partial charge in [-0.3, -0.25) is 4.79 Å². The molecule has 2 atom stereocenters. The van der Waals surface area contributed by atoms with Crippen molar-refractivity contribution >= 4 is 5.91 Å². The lowest BCUT2D eigenvalue weighted by atomic mass is 10.3. The molecule has 4 nitrogen and oxygen atoms in total. The third-order valence-corrected chi connectivity index (χ3v) is 1.96. The fraction of sp³-hybridized carbons (Fsp3) is 0.900. The molecule has 0 aromatic rings. The molecule has 0 saturated carbocycles. The zero-order valence-electron chi connectivity index (χ0n) is 9.25. The summed E-state index contributed by atoms with van der Waals surface area (Å²) in [5.41, 5.74) is 0. The maximum absolute atomic E-state index is 11.1. The number of aliphatic hydroxyl groups excluding tert-OH is 1. The minimum absolute atomic E-state index is 0.106. The normalized spacial score (nSPS) is 14.9. The number of carbonyl (C=O) groups excluding carboxylic acids is 1. The van der Waals surface area contributed by atoms with Crippen molar-refractivity contribution in [1.82, 2.24) is 5.32 Å². The van der Waals surface area contributed by atoms with Crippen LogP contribution in [0.15, 0.2) is 0 Å². The molecule has 14 heavy (non-hydrogen) atoms. The van der Waals surface area contributed by atoms with Gasteiger partial charge < -0.3 is 15.2 Å². The summed E-state index contributed by atoms with van der Waals surface area (Å²) in [6.45, 7) is 6.25. The van der Waals surface area contributed by atoms with Gasteiger partial charge in [0.05, 0.1) is 12.2 Å². The van der Waals surface area contributed by atoms with Crippen LogP contribution in [-0.2, 0) is 9.53 Å². The lowest BCUT2D eigenvalue weighted by Crippen LogP contribution is -2.31. The smallest absolute Gasteiger partial charge is 0.246 e. The van der Waals surface area contributed by atoms with Crippen LogP contribution in [0.2, 0.25) is 0 Å². The van der Waals surface area contributed by atoms with E-state index in [1.807, 2.05) is 13.8 Å². The van der Waals surface area contributed by atoms with E-state index >= 15 is 0 Å². The van der Waals surface area contributed by atoms with Gasteiger partial charge in [0.15, 0.2) is 0 Å². The van der Waals surface area contributed by atoms with Crippen LogP contribution in [0.3, 0.4) is 0 Å². The molecule has 0 heterocycles. The van der Waals surface area contributed by atoms with Gasteiger partial charge in [0.1, 0.15) is 6.61 Å². The Morgan fingerprint density at radius 3 is 2.64 bits per heavy atom. The molecule has 0 aliphatic heterocycles. The summed E-state index contributed by atoms with van der Waals surface area (Å²) in [7, 11) is 0. The fourth-order valence-corrected chi connectivity index (χ4v) is 0.807. The Kier molecular flexibility index (Phi) is 7.42. The first-order valence-corrected chi connectivity index (χ1v) is 5.12. The van der Waals surface area contributed by atoms with Crippen LogP contribution in [-0.4, -0.2) is 36.4 Å². The summed E-state index contributed by atoms with van der Waals surface area (Å²) in [6.07, 6.45) is 1.24. The molecule has 0 saturated heterocycles. The van der Waals surface area contributed by atoms with Crippen LogP contribution < -0.4 is 5.32 Å². The highest BCUT2D eigenvalue weighted by molar-refractivity contribution is 5.77. The first-order chi connectivity index (χ1) is 6.56. The predicted octanol–water partition coefficient (Wildman–Crippen LogP) is 0.689. The highest BCUT2D eigenvalue weighted by Crippen LogP contribution is 1.94. The second-order valence-corrected chi connectivity index (χ2v) is 3.52. The minimum atomic E-state index is -0.370. The molecule has 1 amide bonds. The van der Waals surface area contributed by atoms with E-state index < -0.39 is 0 Å². The maximum atomic E-state index is 11.1. The molecule has 0 radical (unpaired) electrons. The Morgan fingerprint density at radius 2 is 2.14 bits per heavy atom. The average Bonchev–Trinajstić information content (AvgIpc) is 2.13. The van der Waals surface area contributed by atoms with E-state index in [2.05, 4.69) is 5.32 Å². The van der Waals surface area contributed by atoms with Crippen LogP contribution in [0.1, 0.15) is 33.6 Å². The number of hydrogen-bond donors (Lipinski definition) is 2. The molecule has 0 aromatic carbocycles. The van der Waals surface area contributed by atoms with E-state index in [-0.39, 0.29) is 24.7 Å².